The molecular weight excluding hydrogens is 467 g/mol. The third-order valence-corrected chi connectivity index (χ3v) is 5.29. The summed E-state index contributed by atoms with van der Waals surface area (Å²) in [5, 5.41) is 7.25. The highest BCUT2D eigenvalue weighted by molar-refractivity contribution is 6.37. The quantitative estimate of drug-likeness (QED) is 0.499. The lowest BCUT2D eigenvalue weighted by Crippen LogP contribution is -2.36. The van der Waals surface area contributed by atoms with E-state index in [1.165, 1.54) is 11.0 Å². The van der Waals surface area contributed by atoms with E-state index in [0.717, 1.165) is 11.3 Å². The summed E-state index contributed by atoms with van der Waals surface area (Å²) < 4.78 is 12.3. The van der Waals surface area contributed by atoms with Crippen LogP contribution in [0.2, 0.25) is 10.0 Å². The van der Waals surface area contributed by atoms with Gasteiger partial charge in [-0.1, -0.05) is 56.1 Å². The van der Waals surface area contributed by atoms with Crippen LogP contribution in [0, 0.1) is 5.41 Å². The van der Waals surface area contributed by atoms with Crippen LogP contribution in [0.4, 0.5) is 0 Å². The highest BCUT2D eigenvalue weighted by atomic mass is 35.5. The van der Waals surface area contributed by atoms with Crippen molar-refractivity contribution in [3.8, 4) is 17.2 Å². The minimum atomic E-state index is -0.553. The predicted octanol–water partition coefficient (Wildman–Crippen LogP) is 4.51. The first-order chi connectivity index (χ1) is 15.6. The Kier molecular flexibility index (Phi) is 7.61. The molecule has 174 valence electrons. The predicted molar refractivity (Wildman–Crippen MR) is 126 cm³/mol. The van der Waals surface area contributed by atoms with Crippen molar-refractivity contribution in [1.29, 1.82) is 0 Å². The molecule has 0 bridgehead atoms. The van der Waals surface area contributed by atoms with Gasteiger partial charge in [-0.2, -0.15) is 0 Å². The number of benzene rings is 2. The Balaban J connectivity index is 1.68. The van der Waals surface area contributed by atoms with Crippen molar-refractivity contribution < 1.29 is 19.1 Å². The first-order valence-electron chi connectivity index (χ1n) is 10.1. The Hall–Kier alpha value is -3.10. The molecule has 0 fully saturated rings. The van der Waals surface area contributed by atoms with Crippen LogP contribution in [0.25, 0.3) is 5.69 Å². The summed E-state index contributed by atoms with van der Waals surface area (Å²) in [5.74, 6) is 0.350. The summed E-state index contributed by atoms with van der Waals surface area (Å²) in [6, 6.07) is 10.6. The zero-order valence-corrected chi connectivity index (χ0v) is 20.2. The number of carbonyl (C=O) groups is 2. The van der Waals surface area contributed by atoms with Gasteiger partial charge in [0.2, 0.25) is 5.82 Å². The van der Waals surface area contributed by atoms with E-state index in [-0.39, 0.29) is 34.8 Å². The van der Waals surface area contributed by atoms with Crippen LogP contribution >= 0.6 is 23.2 Å². The second kappa shape index (κ2) is 10.2. The zero-order valence-electron chi connectivity index (χ0n) is 18.7. The van der Waals surface area contributed by atoms with Gasteiger partial charge >= 0.3 is 0 Å². The van der Waals surface area contributed by atoms with Crippen molar-refractivity contribution in [3.05, 3.63) is 64.2 Å². The van der Waals surface area contributed by atoms with Gasteiger partial charge in [0, 0.05) is 5.41 Å². The maximum Gasteiger partial charge on any atom is 0.291 e. The van der Waals surface area contributed by atoms with Crippen LogP contribution in [-0.2, 0) is 11.4 Å². The number of nitrogens with zero attached hydrogens (tertiary/aromatic N) is 3. The number of hydrogen-bond acceptors (Lipinski definition) is 6. The molecule has 1 heterocycles. The van der Waals surface area contributed by atoms with Crippen LogP contribution in [0.5, 0.6) is 11.5 Å². The topological polar surface area (TPSA) is 95.3 Å². The fourth-order valence-corrected chi connectivity index (χ4v) is 3.27. The van der Waals surface area contributed by atoms with E-state index in [4.69, 9.17) is 32.7 Å². The number of ketones is 1. The summed E-state index contributed by atoms with van der Waals surface area (Å²) in [7, 11) is 1.60. The summed E-state index contributed by atoms with van der Waals surface area (Å²) >= 11 is 12.8. The second-order valence-electron chi connectivity index (χ2n) is 8.24. The molecule has 3 rings (SSSR count). The fraction of sp³-hybridized carbons (Fsp3) is 0.304. The molecule has 0 radical (unpaired) electrons. The first kappa shape index (κ1) is 24.5. The van der Waals surface area contributed by atoms with Gasteiger partial charge in [0.15, 0.2) is 11.5 Å². The average Bonchev–Trinajstić information content (AvgIpc) is 3.27. The summed E-state index contributed by atoms with van der Waals surface area (Å²) in [4.78, 5) is 28.3. The fourth-order valence-electron chi connectivity index (χ4n) is 2.69. The lowest BCUT2D eigenvalue weighted by Gasteiger charge is -2.16. The van der Waals surface area contributed by atoms with E-state index in [0.29, 0.717) is 11.4 Å². The molecule has 1 amide bonds. The molecule has 0 saturated heterocycles. The molecule has 10 heteroatoms. The van der Waals surface area contributed by atoms with E-state index in [2.05, 4.69) is 15.4 Å². The number of rotatable bonds is 8. The highest BCUT2D eigenvalue weighted by Crippen LogP contribution is 2.35. The Labute approximate surface area is 201 Å². The molecule has 8 nitrogen and oxygen atoms in total. The number of Topliss-reactive ketones (excluding diaryl/α,β-unsaturated/α-hetero) is 1. The number of hydrogen-bond donors (Lipinski definition) is 1. The average molecular weight is 491 g/mol. The van der Waals surface area contributed by atoms with E-state index in [9.17, 15) is 9.59 Å². The van der Waals surface area contributed by atoms with Crippen LogP contribution < -0.4 is 14.8 Å². The monoisotopic (exact) mass is 490 g/mol. The summed E-state index contributed by atoms with van der Waals surface area (Å²) in [6.07, 6.45) is 1.36. The molecule has 33 heavy (non-hydrogen) atoms. The van der Waals surface area contributed by atoms with Crippen molar-refractivity contribution in [2.45, 2.75) is 27.4 Å². The van der Waals surface area contributed by atoms with Crippen molar-refractivity contribution >= 4 is 34.9 Å². The molecular formula is C23H24Cl2N4O4. The first-order valence-corrected chi connectivity index (χ1v) is 10.8. The van der Waals surface area contributed by atoms with Gasteiger partial charge in [-0.05, 0) is 29.8 Å². The lowest BCUT2D eigenvalue weighted by atomic mass is 9.91. The van der Waals surface area contributed by atoms with Crippen molar-refractivity contribution in [3.63, 3.8) is 0 Å². The third kappa shape index (κ3) is 6.24. The molecule has 0 spiro atoms. The van der Waals surface area contributed by atoms with Crippen molar-refractivity contribution in [2.75, 3.05) is 13.7 Å². The standard InChI is InChI=1S/C23H24Cl2N4O4/c1-23(2,3)19(30)11-26-22(31)21-27-13-29(28-21)15-9-17(24)20(18(25)10-15)33-12-14-5-7-16(32-4)8-6-14/h5-10,13H,11-12H2,1-4H3,(H,26,31). The second-order valence-corrected chi connectivity index (χ2v) is 9.06. The number of ether oxygens (including phenoxy) is 2. The van der Waals surface area contributed by atoms with Gasteiger partial charge in [0.1, 0.15) is 18.7 Å². The van der Waals surface area contributed by atoms with E-state index in [1.54, 1.807) is 40.0 Å². The molecule has 0 aliphatic rings. The Morgan fingerprint density at radius 2 is 1.73 bits per heavy atom. The molecule has 1 N–H and O–H groups in total. The van der Waals surface area contributed by atoms with Gasteiger partial charge in [-0.3, -0.25) is 9.59 Å². The molecule has 0 saturated carbocycles. The van der Waals surface area contributed by atoms with E-state index in [1.807, 2.05) is 24.3 Å². The number of halogens is 2. The third-order valence-electron chi connectivity index (χ3n) is 4.73. The number of carbonyl (C=O) groups excluding carboxylic acids is 2. The largest absolute Gasteiger partial charge is 0.497 e. The van der Waals surface area contributed by atoms with Gasteiger partial charge in [0.05, 0.1) is 29.4 Å². The maximum absolute atomic E-state index is 12.3. The molecule has 1 aromatic heterocycles. The Morgan fingerprint density at radius 3 is 2.30 bits per heavy atom. The van der Waals surface area contributed by atoms with Gasteiger partial charge in [0.25, 0.3) is 5.91 Å². The number of methoxy groups -OCH3 is 1. The smallest absolute Gasteiger partial charge is 0.291 e. The summed E-state index contributed by atoms with van der Waals surface area (Å²) in [6.45, 7) is 5.52. The zero-order chi connectivity index (χ0) is 24.2. The maximum atomic E-state index is 12.3. The molecule has 0 aliphatic carbocycles. The molecule has 0 atom stereocenters. The molecule has 0 aliphatic heterocycles. The van der Waals surface area contributed by atoms with E-state index >= 15 is 0 Å². The van der Waals surface area contributed by atoms with Gasteiger partial charge in [-0.25, -0.2) is 9.67 Å². The molecule has 0 unspecified atom stereocenters. The van der Waals surface area contributed by atoms with Crippen LogP contribution in [0.15, 0.2) is 42.7 Å². The molecule has 2 aromatic carbocycles. The van der Waals surface area contributed by atoms with Crippen molar-refractivity contribution in [1.82, 2.24) is 20.1 Å². The number of nitrogens with one attached hydrogen (secondary N) is 1. The van der Waals surface area contributed by atoms with Crippen LogP contribution in [0.1, 0.15) is 37.0 Å². The minimum Gasteiger partial charge on any atom is -0.497 e. The Morgan fingerprint density at radius 1 is 1.09 bits per heavy atom. The lowest BCUT2D eigenvalue weighted by molar-refractivity contribution is -0.125. The minimum absolute atomic E-state index is 0.0798. The highest BCUT2D eigenvalue weighted by Gasteiger charge is 2.22. The van der Waals surface area contributed by atoms with Crippen molar-refractivity contribution in [2.24, 2.45) is 5.41 Å². The van der Waals surface area contributed by atoms with Crippen LogP contribution in [-0.4, -0.2) is 40.1 Å². The van der Waals surface area contributed by atoms with Gasteiger partial charge < -0.3 is 14.8 Å². The number of aromatic nitrogens is 3. The summed E-state index contributed by atoms with van der Waals surface area (Å²) in [5.41, 5.74) is 0.869. The molecule has 3 aromatic rings. The Bertz CT molecular complexity index is 1130. The normalized spacial score (nSPS) is 11.2. The van der Waals surface area contributed by atoms with E-state index < -0.39 is 11.3 Å². The van der Waals surface area contributed by atoms with Gasteiger partial charge in [-0.15, -0.1) is 5.10 Å². The van der Waals surface area contributed by atoms with Crippen LogP contribution in [0.3, 0.4) is 0 Å². The number of amides is 1. The SMILES string of the molecule is COc1ccc(COc2c(Cl)cc(-n3cnc(C(=O)NCC(=O)C(C)(C)C)n3)cc2Cl)cc1.